The Bertz CT molecular complexity index is 604. The summed E-state index contributed by atoms with van der Waals surface area (Å²) in [5.74, 6) is 0.877. The van der Waals surface area contributed by atoms with Crippen molar-refractivity contribution < 1.29 is 9.53 Å². The normalized spacial score (nSPS) is 14.6. The molecule has 21 heavy (non-hydrogen) atoms. The van der Waals surface area contributed by atoms with Crippen molar-refractivity contribution in [2.45, 2.75) is 19.4 Å². The minimum absolute atomic E-state index is 0.0752. The number of carbonyl (C=O) groups is 1. The smallest absolute Gasteiger partial charge is 0.254 e. The lowest BCUT2D eigenvalue weighted by Gasteiger charge is -2.39. The van der Waals surface area contributed by atoms with Crippen LogP contribution < -0.4 is 4.74 Å². The molecule has 1 aromatic carbocycles. The maximum Gasteiger partial charge on any atom is 0.254 e. The van der Waals surface area contributed by atoms with Crippen LogP contribution in [0.4, 0.5) is 0 Å². The number of hydrogen-bond donors (Lipinski definition) is 0. The van der Waals surface area contributed by atoms with Crippen LogP contribution in [0, 0.1) is 0 Å². The van der Waals surface area contributed by atoms with Gasteiger partial charge in [-0.2, -0.15) is 0 Å². The number of likely N-dealkylation sites (tertiary alicyclic amines) is 1. The fourth-order valence-corrected chi connectivity index (χ4v) is 2.35. The maximum atomic E-state index is 12.3. The number of hydrogen-bond acceptors (Lipinski definition) is 3. The molecule has 0 spiro atoms. The average Bonchev–Trinajstić information content (AvgIpc) is 2.51. The van der Waals surface area contributed by atoms with Crippen LogP contribution in [-0.2, 0) is 6.42 Å². The minimum Gasteiger partial charge on any atom is -0.487 e. The van der Waals surface area contributed by atoms with Gasteiger partial charge in [0, 0.05) is 18.0 Å². The monoisotopic (exact) mass is 282 g/mol. The van der Waals surface area contributed by atoms with E-state index in [1.165, 1.54) is 5.56 Å². The Balaban J connectivity index is 1.54. The first-order chi connectivity index (χ1) is 10.3. The van der Waals surface area contributed by atoms with Crippen LogP contribution in [0.2, 0.25) is 0 Å². The van der Waals surface area contributed by atoms with Gasteiger partial charge in [0.1, 0.15) is 11.9 Å². The van der Waals surface area contributed by atoms with E-state index in [1.807, 2.05) is 41.3 Å². The zero-order valence-electron chi connectivity index (χ0n) is 12.0. The number of benzene rings is 1. The Kier molecular flexibility index (Phi) is 3.86. The third-order valence-electron chi connectivity index (χ3n) is 3.70. The molecule has 1 saturated heterocycles. The van der Waals surface area contributed by atoms with Gasteiger partial charge in [0.2, 0.25) is 0 Å². The van der Waals surface area contributed by atoms with Crippen LogP contribution in [0.5, 0.6) is 5.75 Å². The van der Waals surface area contributed by atoms with Gasteiger partial charge in [-0.1, -0.05) is 19.1 Å². The lowest BCUT2D eigenvalue weighted by Crippen LogP contribution is -2.56. The standard InChI is InChI=1S/C17H18N2O2/c1-2-13-3-5-14(6-4-13)17(20)19-11-16(12-19)21-15-7-9-18-10-8-15/h3-10,16H,2,11-12H2,1H3. The highest BCUT2D eigenvalue weighted by molar-refractivity contribution is 5.94. The van der Waals surface area contributed by atoms with E-state index in [4.69, 9.17) is 4.74 Å². The predicted molar refractivity (Wildman–Crippen MR) is 80.4 cm³/mol. The molecular weight excluding hydrogens is 264 g/mol. The van der Waals surface area contributed by atoms with E-state index in [1.54, 1.807) is 12.4 Å². The van der Waals surface area contributed by atoms with Gasteiger partial charge in [0.15, 0.2) is 0 Å². The summed E-state index contributed by atoms with van der Waals surface area (Å²) in [4.78, 5) is 18.0. The first-order valence-electron chi connectivity index (χ1n) is 7.21. The van der Waals surface area contributed by atoms with Crippen molar-refractivity contribution in [2.75, 3.05) is 13.1 Å². The maximum absolute atomic E-state index is 12.3. The van der Waals surface area contributed by atoms with E-state index in [0.29, 0.717) is 13.1 Å². The summed E-state index contributed by atoms with van der Waals surface area (Å²) in [6, 6.07) is 11.5. The number of aryl methyl sites for hydroxylation is 1. The number of pyridine rings is 1. The second-order valence-electron chi connectivity index (χ2n) is 5.18. The molecule has 0 aliphatic carbocycles. The number of aromatic nitrogens is 1. The fraction of sp³-hybridized carbons (Fsp3) is 0.294. The van der Waals surface area contributed by atoms with E-state index >= 15 is 0 Å². The molecule has 4 heteroatoms. The number of ether oxygens (including phenoxy) is 1. The Morgan fingerprint density at radius 3 is 2.48 bits per heavy atom. The molecule has 1 aliphatic heterocycles. The van der Waals surface area contributed by atoms with Crippen molar-refractivity contribution in [2.24, 2.45) is 0 Å². The molecule has 3 rings (SSSR count). The molecule has 108 valence electrons. The van der Waals surface area contributed by atoms with Gasteiger partial charge in [-0.05, 0) is 36.2 Å². The van der Waals surface area contributed by atoms with Crippen molar-refractivity contribution in [1.82, 2.24) is 9.88 Å². The van der Waals surface area contributed by atoms with E-state index < -0.39 is 0 Å². The molecule has 1 aliphatic rings. The molecule has 2 aromatic rings. The Morgan fingerprint density at radius 2 is 1.86 bits per heavy atom. The summed E-state index contributed by atoms with van der Waals surface area (Å²) in [5, 5.41) is 0. The second kappa shape index (κ2) is 5.95. The third-order valence-corrected chi connectivity index (χ3v) is 3.70. The summed E-state index contributed by atoms with van der Waals surface area (Å²) < 4.78 is 5.77. The zero-order chi connectivity index (χ0) is 14.7. The molecular formula is C17H18N2O2. The lowest BCUT2D eigenvalue weighted by atomic mass is 10.1. The first kappa shape index (κ1) is 13.6. The number of amides is 1. The quantitative estimate of drug-likeness (QED) is 0.865. The Morgan fingerprint density at radius 1 is 1.19 bits per heavy atom. The van der Waals surface area contributed by atoms with E-state index in [0.717, 1.165) is 17.7 Å². The Hall–Kier alpha value is -2.36. The van der Waals surface area contributed by atoms with Crippen LogP contribution in [0.3, 0.4) is 0 Å². The summed E-state index contributed by atoms with van der Waals surface area (Å²) in [7, 11) is 0. The van der Waals surface area contributed by atoms with Crippen molar-refractivity contribution in [3.05, 3.63) is 59.9 Å². The van der Waals surface area contributed by atoms with Gasteiger partial charge in [0.05, 0.1) is 13.1 Å². The SMILES string of the molecule is CCc1ccc(C(=O)N2CC(Oc3ccncc3)C2)cc1. The topological polar surface area (TPSA) is 42.4 Å². The Labute approximate surface area is 124 Å². The van der Waals surface area contributed by atoms with E-state index in [9.17, 15) is 4.79 Å². The molecule has 1 amide bonds. The number of rotatable bonds is 4. The number of carbonyl (C=O) groups excluding carboxylic acids is 1. The summed E-state index contributed by atoms with van der Waals surface area (Å²) in [5.41, 5.74) is 1.99. The van der Waals surface area contributed by atoms with Crippen LogP contribution in [0.1, 0.15) is 22.8 Å². The zero-order valence-corrected chi connectivity index (χ0v) is 12.0. The second-order valence-corrected chi connectivity index (χ2v) is 5.18. The molecule has 4 nitrogen and oxygen atoms in total. The van der Waals surface area contributed by atoms with Crippen molar-refractivity contribution in [3.8, 4) is 5.75 Å². The third kappa shape index (κ3) is 3.05. The molecule has 1 aromatic heterocycles. The van der Waals surface area contributed by atoms with Crippen molar-refractivity contribution >= 4 is 5.91 Å². The molecule has 0 radical (unpaired) electrons. The lowest BCUT2D eigenvalue weighted by molar-refractivity contribution is 0.0177. The molecule has 0 bridgehead atoms. The highest BCUT2D eigenvalue weighted by Crippen LogP contribution is 2.19. The van der Waals surface area contributed by atoms with Gasteiger partial charge in [0.25, 0.3) is 5.91 Å². The molecule has 0 saturated carbocycles. The molecule has 2 heterocycles. The number of nitrogens with zero attached hydrogens (tertiary/aromatic N) is 2. The first-order valence-corrected chi connectivity index (χ1v) is 7.21. The van der Waals surface area contributed by atoms with Gasteiger partial charge in [-0.3, -0.25) is 9.78 Å². The molecule has 0 N–H and O–H groups in total. The van der Waals surface area contributed by atoms with Crippen LogP contribution in [-0.4, -0.2) is 35.0 Å². The van der Waals surface area contributed by atoms with Gasteiger partial charge in [-0.15, -0.1) is 0 Å². The molecule has 0 unspecified atom stereocenters. The minimum atomic E-state index is 0.0752. The molecule has 0 atom stereocenters. The highest BCUT2D eigenvalue weighted by Gasteiger charge is 2.32. The molecule has 1 fully saturated rings. The predicted octanol–water partition coefficient (Wildman–Crippen LogP) is 2.55. The van der Waals surface area contributed by atoms with Gasteiger partial charge < -0.3 is 9.64 Å². The summed E-state index contributed by atoms with van der Waals surface area (Å²) in [6.07, 6.45) is 4.46. The summed E-state index contributed by atoms with van der Waals surface area (Å²) >= 11 is 0. The summed E-state index contributed by atoms with van der Waals surface area (Å²) in [6.45, 7) is 3.38. The van der Waals surface area contributed by atoms with Gasteiger partial charge in [-0.25, -0.2) is 0 Å². The van der Waals surface area contributed by atoms with Crippen LogP contribution in [0.15, 0.2) is 48.8 Å². The van der Waals surface area contributed by atoms with E-state index in [-0.39, 0.29) is 12.0 Å². The van der Waals surface area contributed by atoms with Crippen molar-refractivity contribution in [1.29, 1.82) is 0 Å². The van der Waals surface area contributed by atoms with Crippen LogP contribution >= 0.6 is 0 Å². The van der Waals surface area contributed by atoms with Gasteiger partial charge >= 0.3 is 0 Å². The van der Waals surface area contributed by atoms with Crippen LogP contribution in [0.25, 0.3) is 0 Å². The average molecular weight is 282 g/mol. The van der Waals surface area contributed by atoms with E-state index in [2.05, 4.69) is 11.9 Å². The largest absolute Gasteiger partial charge is 0.487 e. The van der Waals surface area contributed by atoms with Crippen molar-refractivity contribution in [3.63, 3.8) is 0 Å². The highest BCUT2D eigenvalue weighted by atomic mass is 16.5. The fourth-order valence-electron chi connectivity index (χ4n) is 2.35.